The van der Waals surface area contributed by atoms with Gasteiger partial charge in [0.25, 0.3) is 5.91 Å². The van der Waals surface area contributed by atoms with E-state index in [1.54, 1.807) is 18.3 Å². The lowest BCUT2D eigenvalue weighted by Gasteiger charge is -2.08. The van der Waals surface area contributed by atoms with Crippen LogP contribution >= 0.6 is 0 Å². The Morgan fingerprint density at radius 2 is 1.95 bits per heavy atom. The van der Waals surface area contributed by atoms with Gasteiger partial charge in [-0.15, -0.1) is 0 Å². The number of nitrogens with one attached hydrogen (secondary N) is 2. The number of hydrogen-bond donors (Lipinski definition) is 2. The summed E-state index contributed by atoms with van der Waals surface area (Å²) in [5, 5.41) is 5.80. The van der Waals surface area contributed by atoms with Gasteiger partial charge in [0, 0.05) is 25.4 Å². The van der Waals surface area contributed by atoms with E-state index in [1.807, 2.05) is 38.2 Å². The normalized spacial score (nSPS) is 10.2. The van der Waals surface area contributed by atoms with Crippen molar-refractivity contribution in [1.29, 1.82) is 0 Å². The molecule has 2 N–H and O–H groups in total. The molecule has 1 aromatic heterocycles. The van der Waals surface area contributed by atoms with E-state index in [9.17, 15) is 4.79 Å². The summed E-state index contributed by atoms with van der Waals surface area (Å²) in [5.41, 5.74) is 1.53. The highest BCUT2D eigenvalue weighted by atomic mass is 16.5. The Morgan fingerprint density at radius 3 is 2.62 bits per heavy atom. The number of hydrogen-bond acceptors (Lipinski definition) is 4. The maximum Gasteiger partial charge on any atom is 0.270 e. The number of amides is 1. The molecule has 0 bridgehead atoms. The van der Waals surface area contributed by atoms with Crippen molar-refractivity contribution < 1.29 is 9.53 Å². The third kappa shape index (κ3) is 4.29. The molecule has 0 fully saturated rings. The van der Waals surface area contributed by atoms with Crippen LogP contribution in [0.1, 0.15) is 23.0 Å². The van der Waals surface area contributed by atoms with Crippen molar-refractivity contribution in [2.45, 2.75) is 13.5 Å². The Hall–Kier alpha value is -2.40. The lowest BCUT2D eigenvalue weighted by molar-refractivity contribution is 0.0950. The van der Waals surface area contributed by atoms with Gasteiger partial charge in [-0.2, -0.15) is 0 Å². The van der Waals surface area contributed by atoms with E-state index in [2.05, 4.69) is 15.6 Å². The first-order chi connectivity index (χ1) is 10.2. The lowest BCUT2D eigenvalue weighted by Crippen LogP contribution is -2.23. The molecule has 2 rings (SSSR count). The van der Waals surface area contributed by atoms with Crippen LogP contribution in [0.25, 0.3) is 0 Å². The number of rotatable bonds is 6. The second-order valence-electron chi connectivity index (χ2n) is 4.51. The minimum Gasteiger partial charge on any atom is -0.457 e. The zero-order valence-corrected chi connectivity index (χ0v) is 12.2. The summed E-state index contributed by atoms with van der Waals surface area (Å²) in [6, 6.07) is 11.2. The van der Waals surface area contributed by atoms with Gasteiger partial charge in [-0.05, 0) is 37.7 Å². The van der Waals surface area contributed by atoms with Crippen molar-refractivity contribution in [2.24, 2.45) is 0 Å². The van der Waals surface area contributed by atoms with Gasteiger partial charge >= 0.3 is 0 Å². The Morgan fingerprint density at radius 1 is 1.19 bits per heavy atom. The molecular weight excluding hydrogens is 266 g/mol. The summed E-state index contributed by atoms with van der Waals surface area (Å²) < 4.78 is 5.74. The number of benzene rings is 1. The average molecular weight is 285 g/mol. The quantitative estimate of drug-likeness (QED) is 0.855. The van der Waals surface area contributed by atoms with Gasteiger partial charge in [0.2, 0.25) is 0 Å². The van der Waals surface area contributed by atoms with Gasteiger partial charge in [0.05, 0.1) is 0 Å². The van der Waals surface area contributed by atoms with Crippen molar-refractivity contribution in [3.05, 3.63) is 53.9 Å². The van der Waals surface area contributed by atoms with E-state index >= 15 is 0 Å². The predicted molar refractivity (Wildman–Crippen MR) is 81.5 cm³/mol. The standard InChI is InChI=1S/C16H19N3O2/c1-3-18-16(20)15-10-14(8-9-19-15)21-13-6-4-12(5-7-13)11-17-2/h4-10,17H,3,11H2,1-2H3,(H,18,20). The molecule has 0 spiro atoms. The molecule has 5 heteroatoms. The van der Waals surface area contributed by atoms with Gasteiger partial charge in [-0.25, -0.2) is 0 Å². The highest BCUT2D eigenvalue weighted by Gasteiger charge is 2.07. The Kier molecular flexibility index (Phi) is 5.29. The molecule has 0 aliphatic rings. The van der Waals surface area contributed by atoms with Gasteiger partial charge < -0.3 is 15.4 Å². The number of carbonyl (C=O) groups excluding carboxylic acids is 1. The molecule has 5 nitrogen and oxygen atoms in total. The first-order valence-corrected chi connectivity index (χ1v) is 6.88. The van der Waals surface area contributed by atoms with E-state index in [0.29, 0.717) is 18.0 Å². The van der Waals surface area contributed by atoms with E-state index in [-0.39, 0.29) is 5.91 Å². The van der Waals surface area contributed by atoms with Crippen LogP contribution in [-0.2, 0) is 6.54 Å². The second kappa shape index (κ2) is 7.40. The number of carbonyl (C=O) groups is 1. The Labute approximate surface area is 124 Å². The fourth-order valence-electron chi connectivity index (χ4n) is 1.87. The average Bonchev–Trinajstić information content (AvgIpc) is 2.50. The van der Waals surface area contributed by atoms with Crippen molar-refractivity contribution in [1.82, 2.24) is 15.6 Å². The lowest BCUT2D eigenvalue weighted by atomic mass is 10.2. The molecule has 1 aromatic carbocycles. The summed E-state index contributed by atoms with van der Waals surface area (Å²) in [6.45, 7) is 3.25. The SMILES string of the molecule is CCNC(=O)c1cc(Oc2ccc(CNC)cc2)ccn1. The Bertz CT molecular complexity index is 597. The summed E-state index contributed by atoms with van der Waals surface area (Å²) in [5.74, 6) is 1.11. The summed E-state index contributed by atoms with van der Waals surface area (Å²) in [6.07, 6.45) is 1.56. The van der Waals surface area contributed by atoms with Gasteiger partial charge in [-0.3, -0.25) is 9.78 Å². The summed E-state index contributed by atoms with van der Waals surface area (Å²) in [7, 11) is 1.91. The van der Waals surface area contributed by atoms with Crippen LogP contribution in [0.3, 0.4) is 0 Å². The van der Waals surface area contributed by atoms with Gasteiger partial charge in [0.15, 0.2) is 0 Å². The van der Waals surface area contributed by atoms with Crippen LogP contribution in [0.2, 0.25) is 0 Å². The molecule has 0 atom stereocenters. The van der Waals surface area contributed by atoms with Crippen LogP contribution in [0.4, 0.5) is 0 Å². The molecule has 2 aromatic rings. The molecule has 21 heavy (non-hydrogen) atoms. The summed E-state index contributed by atoms with van der Waals surface area (Å²) >= 11 is 0. The topological polar surface area (TPSA) is 63.2 Å². The maximum atomic E-state index is 11.7. The number of ether oxygens (including phenoxy) is 1. The van der Waals surface area contributed by atoms with E-state index in [1.165, 1.54) is 5.56 Å². The van der Waals surface area contributed by atoms with Crippen LogP contribution in [0.15, 0.2) is 42.6 Å². The molecular formula is C16H19N3O2. The molecule has 0 aliphatic carbocycles. The first kappa shape index (κ1) is 15.0. The predicted octanol–water partition coefficient (Wildman–Crippen LogP) is 2.34. The third-order valence-corrected chi connectivity index (χ3v) is 2.84. The molecule has 0 unspecified atom stereocenters. The van der Waals surface area contributed by atoms with Crippen LogP contribution in [-0.4, -0.2) is 24.5 Å². The van der Waals surface area contributed by atoms with E-state index in [0.717, 1.165) is 12.3 Å². The maximum absolute atomic E-state index is 11.7. The largest absolute Gasteiger partial charge is 0.457 e. The molecule has 0 saturated heterocycles. The molecule has 0 saturated carbocycles. The van der Waals surface area contributed by atoms with Crippen molar-refractivity contribution >= 4 is 5.91 Å². The third-order valence-electron chi connectivity index (χ3n) is 2.84. The fourth-order valence-corrected chi connectivity index (χ4v) is 1.87. The summed E-state index contributed by atoms with van der Waals surface area (Å²) in [4.78, 5) is 15.8. The molecule has 1 amide bonds. The zero-order chi connectivity index (χ0) is 15.1. The molecule has 110 valence electrons. The van der Waals surface area contributed by atoms with Gasteiger partial charge in [0.1, 0.15) is 17.2 Å². The Balaban J connectivity index is 2.08. The zero-order valence-electron chi connectivity index (χ0n) is 12.2. The highest BCUT2D eigenvalue weighted by Crippen LogP contribution is 2.21. The number of aromatic nitrogens is 1. The van der Waals surface area contributed by atoms with E-state index in [4.69, 9.17) is 4.74 Å². The van der Waals surface area contributed by atoms with Crippen molar-refractivity contribution in [3.8, 4) is 11.5 Å². The number of pyridine rings is 1. The minimum absolute atomic E-state index is 0.202. The molecule has 0 aliphatic heterocycles. The van der Waals surface area contributed by atoms with Crippen molar-refractivity contribution in [3.63, 3.8) is 0 Å². The van der Waals surface area contributed by atoms with Crippen LogP contribution in [0, 0.1) is 0 Å². The molecule has 1 heterocycles. The van der Waals surface area contributed by atoms with Gasteiger partial charge in [-0.1, -0.05) is 12.1 Å². The monoisotopic (exact) mass is 285 g/mol. The smallest absolute Gasteiger partial charge is 0.270 e. The number of nitrogens with zero attached hydrogens (tertiary/aromatic N) is 1. The fraction of sp³-hybridized carbons (Fsp3) is 0.250. The van der Waals surface area contributed by atoms with Crippen LogP contribution < -0.4 is 15.4 Å². The minimum atomic E-state index is -0.202. The highest BCUT2D eigenvalue weighted by molar-refractivity contribution is 5.92. The van der Waals surface area contributed by atoms with E-state index < -0.39 is 0 Å². The van der Waals surface area contributed by atoms with Crippen molar-refractivity contribution in [2.75, 3.05) is 13.6 Å². The van der Waals surface area contributed by atoms with Crippen LogP contribution in [0.5, 0.6) is 11.5 Å². The first-order valence-electron chi connectivity index (χ1n) is 6.88. The molecule has 0 radical (unpaired) electrons. The second-order valence-corrected chi connectivity index (χ2v) is 4.51.